The van der Waals surface area contributed by atoms with E-state index in [1.54, 1.807) is 29.5 Å². The molecule has 0 bridgehead atoms. The third-order valence-corrected chi connectivity index (χ3v) is 4.55. The second-order valence-corrected chi connectivity index (χ2v) is 6.76. The maximum Gasteiger partial charge on any atom is 0.236 e. The fourth-order valence-corrected chi connectivity index (χ4v) is 2.65. The summed E-state index contributed by atoms with van der Waals surface area (Å²) >= 11 is 1.56. The molecule has 2 N–H and O–H groups in total. The van der Waals surface area contributed by atoms with Gasteiger partial charge < -0.3 is 15.1 Å². The van der Waals surface area contributed by atoms with Crippen LogP contribution in [0.2, 0.25) is 0 Å². The number of rotatable bonds is 7. The Labute approximate surface area is 159 Å². The number of amides is 1. The first-order valence-corrected chi connectivity index (χ1v) is 8.33. The van der Waals surface area contributed by atoms with E-state index in [0.717, 1.165) is 11.3 Å². The predicted molar refractivity (Wildman–Crippen MR) is 103 cm³/mol. The number of thiophene rings is 1. The molecule has 24 heavy (non-hydrogen) atoms. The van der Waals surface area contributed by atoms with Crippen LogP contribution < -0.4 is 5.73 Å². The number of nitrogens with two attached hydrogens (primary N) is 1. The molecule has 0 aromatic carbocycles. The third-order valence-electron chi connectivity index (χ3n) is 3.70. The Morgan fingerprint density at radius 3 is 2.71 bits per heavy atom. The van der Waals surface area contributed by atoms with Crippen molar-refractivity contribution in [1.29, 1.82) is 0 Å². The Hall–Kier alpha value is -1.08. The van der Waals surface area contributed by atoms with E-state index < -0.39 is 0 Å². The summed E-state index contributed by atoms with van der Waals surface area (Å²) in [5.74, 6) is 1.02. The average Bonchev–Trinajstić information content (AvgIpc) is 3.14. The number of halogens is 2. The van der Waals surface area contributed by atoms with E-state index in [2.05, 4.69) is 18.8 Å². The number of oxazole rings is 1. The van der Waals surface area contributed by atoms with Gasteiger partial charge in [0.2, 0.25) is 11.8 Å². The number of likely N-dealkylation sites (N-methyl/N-ethyl adjacent to an activating group) is 1. The van der Waals surface area contributed by atoms with Gasteiger partial charge in [0, 0.05) is 19.6 Å². The molecule has 2 aromatic rings. The molecule has 0 aliphatic heterocycles. The van der Waals surface area contributed by atoms with Crippen molar-refractivity contribution in [3.63, 3.8) is 0 Å². The van der Waals surface area contributed by atoms with E-state index in [0.29, 0.717) is 24.0 Å². The highest BCUT2D eigenvalue weighted by Crippen LogP contribution is 2.23. The van der Waals surface area contributed by atoms with Crippen molar-refractivity contribution in [3.05, 3.63) is 29.5 Å². The molecule has 2 aromatic heterocycles. The smallest absolute Gasteiger partial charge is 0.236 e. The van der Waals surface area contributed by atoms with Gasteiger partial charge in [0.05, 0.1) is 17.0 Å². The molecule has 0 spiro atoms. The standard InChI is InChI=1S/C16H23N3O2S.2ClH/c1-11(2)13(17)6-7-19(3)15(20)9-12-10-21-16(18-12)14-5-4-8-22-14;;/h4-5,8,10-11,13H,6-7,9,17H2,1-3H3;2*1H. The Bertz CT molecular complexity index is 602. The van der Waals surface area contributed by atoms with E-state index in [9.17, 15) is 4.79 Å². The van der Waals surface area contributed by atoms with Gasteiger partial charge in [-0.3, -0.25) is 4.79 Å². The van der Waals surface area contributed by atoms with E-state index in [1.807, 2.05) is 17.5 Å². The number of nitrogens with zero attached hydrogens (tertiary/aromatic N) is 2. The van der Waals surface area contributed by atoms with E-state index in [1.165, 1.54) is 0 Å². The molecule has 1 unspecified atom stereocenters. The molecule has 0 saturated heterocycles. The first-order chi connectivity index (χ1) is 10.5. The molecule has 0 aliphatic carbocycles. The zero-order chi connectivity index (χ0) is 16.1. The minimum absolute atomic E-state index is 0. The van der Waals surface area contributed by atoms with Gasteiger partial charge in [-0.25, -0.2) is 4.98 Å². The fraction of sp³-hybridized carbons (Fsp3) is 0.500. The van der Waals surface area contributed by atoms with Crippen LogP contribution in [0.3, 0.4) is 0 Å². The molecule has 2 heterocycles. The molecule has 0 radical (unpaired) electrons. The minimum Gasteiger partial charge on any atom is -0.444 e. The Kier molecular flexibility index (Phi) is 10.2. The van der Waals surface area contributed by atoms with Crippen molar-refractivity contribution in [1.82, 2.24) is 9.88 Å². The van der Waals surface area contributed by atoms with Gasteiger partial charge in [0.15, 0.2) is 0 Å². The van der Waals surface area contributed by atoms with Gasteiger partial charge in [-0.05, 0) is 23.8 Å². The van der Waals surface area contributed by atoms with Crippen LogP contribution in [0.4, 0.5) is 0 Å². The molecule has 0 fully saturated rings. The minimum atomic E-state index is 0. The fourth-order valence-electron chi connectivity index (χ4n) is 1.99. The summed E-state index contributed by atoms with van der Waals surface area (Å²) in [4.78, 5) is 19.2. The van der Waals surface area contributed by atoms with Crippen LogP contribution in [0.25, 0.3) is 10.8 Å². The van der Waals surface area contributed by atoms with E-state index >= 15 is 0 Å². The summed E-state index contributed by atoms with van der Waals surface area (Å²) in [6, 6.07) is 4.01. The molecule has 5 nitrogen and oxygen atoms in total. The second-order valence-electron chi connectivity index (χ2n) is 5.81. The van der Waals surface area contributed by atoms with E-state index in [4.69, 9.17) is 10.2 Å². The zero-order valence-corrected chi connectivity index (χ0v) is 16.5. The predicted octanol–water partition coefficient (Wildman–Crippen LogP) is 3.62. The van der Waals surface area contributed by atoms with Gasteiger partial charge in [0.25, 0.3) is 0 Å². The lowest BCUT2D eigenvalue weighted by atomic mass is 10.0. The van der Waals surface area contributed by atoms with Crippen LogP contribution in [0, 0.1) is 5.92 Å². The van der Waals surface area contributed by atoms with Gasteiger partial charge >= 0.3 is 0 Å². The van der Waals surface area contributed by atoms with Gasteiger partial charge in [-0.1, -0.05) is 19.9 Å². The normalized spacial score (nSPS) is 11.5. The van der Waals surface area contributed by atoms with Crippen molar-refractivity contribution >= 4 is 42.1 Å². The Morgan fingerprint density at radius 2 is 2.12 bits per heavy atom. The SMILES string of the molecule is CC(C)C(N)CCN(C)C(=O)Cc1coc(-c2cccs2)n1.Cl.Cl. The van der Waals surface area contributed by atoms with Gasteiger partial charge in [0.1, 0.15) is 6.26 Å². The number of aromatic nitrogens is 1. The zero-order valence-electron chi connectivity index (χ0n) is 14.1. The Balaban J connectivity index is 0.00000264. The maximum absolute atomic E-state index is 12.2. The lowest BCUT2D eigenvalue weighted by Crippen LogP contribution is -2.35. The van der Waals surface area contributed by atoms with Crippen molar-refractivity contribution in [2.45, 2.75) is 32.7 Å². The third kappa shape index (κ3) is 6.43. The topological polar surface area (TPSA) is 72.4 Å². The van der Waals surface area contributed by atoms with Crippen LogP contribution in [-0.4, -0.2) is 35.4 Å². The van der Waals surface area contributed by atoms with E-state index in [-0.39, 0.29) is 43.2 Å². The highest BCUT2D eigenvalue weighted by atomic mass is 35.5. The van der Waals surface area contributed by atoms with Gasteiger partial charge in [-0.2, -0.15) is 0 Å². The largest absolute Gasteiger partial charge is 0.444 e. The van der Waals surface area contributed by atoms with Crippen molar-refractivity contribution in [2.24, 2.45) is 11.7 Å². The molecular formula is C16H25Cl2N3O2S. The molecule has 1 amide bonds. The van der Waals surface area contributed by atoms with Crippen LogP contribution in [0.1, 0.15) is 26.0 Å². The lowest BCUT2D eigenvalue weighted by Gasteiger charge is -2.21. The van der Waals surface area contributed by atoms with Crippen LogP contribution in [0.15, 0.2) is 28.2 Å². The molecule has 2 rings (SSSR count). The monoisotopic (exact) mass is 393 g/mol. The summed E-state index contributed by atoms with van der Waals surface area (Å²) in [7, 11) is 1.80. The van der Waals surface area contributed by atoms with Crippen molar-refractivity contribution in [2.75, 3.05) is 13.6 Å². The summed E-state index contributed by atoms with van der Waals surface area (Å²) in [6.07, 6.45) is 2.61. The molecule has 0 saturated carbocycles. The lowest BCUT2D eigenvalue weighted by molar-refractivity contribution is -0.129. The van der Waals surface area contributed by atoms with Crippen molar-refractivity contribution in [3.8, 4) is 10.8 Å². The first kappa shape index (κ1) is 22.9. The summed E-state index contributed by atoms with van der Waals surface area (Å²) in [5, 5.41) is 1.97. The number of carbonyl (C=O) groups is 1. The van der Waals surface area contributed by atoms with Crippen molar-refractivity contribution < 1.29 is 9.21 Å². The number of hydrogen-bond donors (Lipinski definition) is 1. The van der Waals surface area contributed by atoms with Crippen LogP contribution >= 0.6 is 36.2 Å². The summed E-state index contributed by atoms with van der Waals surface area (Å²) in [6.45, 7) is 4.84. The number of carbonyl (C=O) groups excluding carboxylic acids is 1. The summed E-state index contributed by atoms with van der Waals surface area (Å²) in [5.41, 5.74) is 6.67. The first-order valence-electron chi connectivity index (χ1n) is 7.45. The van der Waals surface area contributed by atoms with Crippen LogP contribution in [0.5, 0.6) is 0 Å². The molecule has 1 atom stereocenters. The average molecular weight is 394 g/mol. The van der Waals surface area contributed by atoms with Crippen LogP contribution in [-0.2, 0) is 11.2 Å². The maximum atomic E-state index is 12.2. The number of hydrogen-bond acceptors (Lipinski definition) is 5. The molecule has 8 heteroatoms. The quantitative estimate of drug-likeness (QED) is 0.779. The molecule has 0 aliphatic rings. The highest BCUT2D eigenvalue weighted by Gasteiger charge is 2.16. The Morgan fingerprint density at radius 1 is 1.42 bits per heavy atom. The summed E-state index contributed by atoms with van der Waals surface area (Å²) < 4.78 is 5.43. The highest BCUT2D eigenvalue weighted by molar-refractivity contribution is 7.13. The molecular weight excluding hydrogens is 369 g/mol. The molecule has 136 valence electrons. The second kappa shape index (κ2) is 10.7. The van der Waals surface area contributed by atoms with Gasteiger partial charge in [-0.15, -0.1) is 36.2 Å².